The van der Waals surface area contributed by atoms with Gasteiger partial charge in [0.05, 0.1) is 6.07 Å². The smallest absolute Gasteiger partial charge is 0.106 e. The van der Waals surface area contributed by atoms with E-state index in [0.29, 0.717) is 5.92 Å². The van der Waals surface area contributed by atoms with Crippen LogP contribution in [0.2, 0.25) is 0 Å². The summed E-state index contributed by atoms with van der Waals surface area (Å²) in [4.78, 5) is 1.16. The highest BCUT2D eigenvalue weighted by Gasteiger charge is 2.29. The number of benzene rings is 1. The van der Waals surface area contributed by atoms with E-state index < -0.39 is 0 Å². The summed E-state index contributed by atoms with van der Waals surface area (Å²) in [6.07, 6.45) is 0. The van der Waals surface area contributed by atoms with Gasteiger partial charge in [0, 0.05) is 4.90 Å². The van der Waals surface area contributed by atoms with Crippen molar-refractivity contribution in [2.75, 3.05) is 0 Å². The molecule has 74 valence electrons. The van der Waals surface area contributed by atoms with Crippen LogP contribution >= 0.6 is 11.8 Å². The fraction of sp³-hybridized carbons (Fsp3) is 0.417. The van der Waals surface area contributed by atoms with Crippen LogP contribution in [0.1, 0.15) is 20.8 Å². The number of hydrogen-bond donors (Lipinski definition) is 0. The van der Waals surface area contributed by atoms with Crippen LogP contribution in [-0.2, 0) is 0 Å². The van der Waals surface area contributed by atoms with Crippen molar-refractivity contribution in [3.63, 3.8) is 0 Å². The predicted molar refractivity (Wildman–Crippen MR) is 61.2 cm³/mol. The molecule has 0 heterocycles. The highest BCUT2D eigenvalue weighted by molar-refractivity contribution is 8.01. The van der Waals surface area contributed by atoms with Gasteiger partial charge in [-0.3, -0.25) is 0 Å². The molecule has 14 heavy (non-hydrogen) atoms. The Balaban J connectivity index is 2.83. The summed E-state index contributed by atoms with van der Waals surface area (Å²) in [5, 5.41) is 9.15. The first-order chi connectivity index (χ1) is 6.58. The molecular weight excluding hydrogens is 190 g/mol. The fourth-order valence-corrected chi connectivity index (χ4v) is 2.07. The summed E-state index contributed by atoms with van der Waals surface area (Å²) in [6, 6.07) is 12.5. The molecule has 2 heteroatoms. The molecule has 0 saturated heterocycles. The standard InChI is InChI=1S/C12H15NS/c1-10(2)12(3,9-13)14-11-7-5-4-6-8-11/h4-8,10H,1-3H3. The van der Waals surface area contributed by atoms with E-state index >= 15 is 0 Å². The second kappa shape index (κ2) is 4.52. The van der Waals surface area contributed by atoms with Crippen LogP contribution in [0, 0.1) is 17.2 Å². The first-order valence-corrected chi connectivity index (χ1v) is 5.55. The van der Waals surface area contributed by atoms with Crippen molar-refractivity contribution in [1.82, 2.24) is 0 Å². The molecule has 1 aromatic rings. The Morgan fingerprint density at radius 3 is 2.29 bits per heavy atom. The molecule has 1 aromatic carbocycles. The van der Waals surface area contributed by atoms with Gasteiger partial charge < -0.3 is 0 Å². The SMILES string of the molecule is CC(C)C(C)(C#N)Sc1ccccc1. The molecule has 1 atom stereocenters. The number of hydrogen-bond acceptors (Lipinski definition) is 2. The lowest BCUT2D eigenvalue weighted by molar-refractivity contribution is 0.557. The summed E-state index contributed by atoms with van der Waals surface area (Å²) in [7, 11) is 0. The highest BCUT2D eigenvalue weighted by atomic mass is 32.2. The third kappa shape index (κ3) is 2.52. The Kier molecular flexibility index (Phi) is 3.60. The predicted octanol–water partition coefficient (Wildman–Crippen LogP) is 3.72. The molecule has 0 fully saturated rings. The van der Waals surface area contributed by atoms with Gasteiger partial charge in [-0.15, -0.1) is 11.8 Å². The van der Waals surface area contributed by atoms with Crippen LogP contribution in [0.25, 0.3) is 0 Å². The lowest BCUT2D eigenvalue weighted by Gasteiger charge is -2.25. The number of nitrogens with zero attached hydrogens (tertiary/aromatic N) is 1. The van der Waals surface area contributed by atoms with E-state index in [-0.39, 0.29) is 4.75 Å². The summed E-state index contributed by atoms with van der Waals surface area (Å²) in [5.74, 6) is 0.345. The molecule has 0 aliphatic heterocycles. The van der Waals surface area contributed by atoms with Gasteiger partial charge in [0.2, 0.25) is 0 Å². The summed E-state index contributed by atoms with van der Waals surface area (Å²) in [6.45, 7) is 6.16. The first-order valence-electron chi connectivity index (χ1n) is 4.74. The molecule has 0 spiro atoms. The van der Waals surface area contributed by atoms with Crippen molar-refractivity contribution in [2.24, 2.45) is 5.92 Å². The zero-order chi connectivity index (χ0) is 10.6. The lowest BCUT2D eigenvalue weighted by Crippen LogP contribution is -2.24. The third-order valence-corrected chi connectivity index (χ3v) is 3.89. The monoisotopic (exact) mass is 205 g/mol. The lowest BCUT2D eigenvalue weighted by atomic mass is 9.99. The van der Waals surface area contributed by atoms with E-state index in [4.69, 9.17) is 5.26 Å². The summed E-state index contributed by atoms with van der Waals surface area (Å²) < 4.78 is -0.332. The zero-order valence-electron chi connectivity index (χ0n) is 8.82. The molecule has 0 radical (unpaired) electrons. The third-order valence-electron chi connectivity index (χ3n) is 2.40. The first kappa shape index (κ1) is 11.1. The molecule has 0 aliphatic rings. The van der Waals surface area contributed by atoms with Gasteiger partial charge in [-0.25, -0.2) is 0 Å². The van der Waals surface area contributed by atoms with Crippen molar-refractivity contribution in [1.29, 1.82) is 5.26 Å². The van der Waals surface area contributed by atoms with Gasteiger partial charge in [-0.2, -0.15) is 5.26 Å². The topological polar surface area (TPSA) is 23.8 Å². The van der Waals surface area contributed by atoms with E-state index in [1.807, 2.05) is 37.3 Å². The maximum Gasteiger partial charge on any atom is 0.106 e. The maximum atomic E-state index is 9.15. The minimum Gasteiger partial charge on any atom is -0.197 e. The Hall–Kier alpha value is -0.940. The minimum atomic E-state index is -0.332. The van der Waals surface area contributed by atoms with Gasteiger partial charge in [0.1, 0.15) is 4.75 Å². The van der Waals surface area contributed by atoms with Crippen LogP contribution in [0.3, 0.4) is 0 Å². The molecule has 0 saturated carbocycles. The molecule has 1 rings (SSSR count). The van der Waals surface area contributed by atoms with Gasteiger partial charge in [-0.1, -0.05) is 32.0 Å². The van der Waals surface area contributed by atoms with E-state index in [2.05, 4.69) is 19.9 Å². The molecule has 1 unspecified atom stereocenters. The Morgan fingerprint density at radius 2 is 1.86 bits per heavy atom. The molecule has 1 nitrogen and oxygen atoms in total. The minimum absolute atomic E-state index is 0.332. The molecule has 0 N–H and O–H groups in total. The Bertz CT molecular complexity index is 326. The van der Waals surface area contributed by atoms with Crippen LogP contribution < -0.4 is 0 Å². The van der Waals surface area contributed by atoms with Crippen molar-refractivity contribution in [3.8, 4) is 6.07 Å². The van der Waals surface area contributed by atoms with E-state index in [1.165, 1.54) is 0 Å². The molecule has 0 aliphatic carbocycles. The number of nitriles is 1. The van der Waals surface area contributed by atoms with Gasteiger partial charge in [0.15, 0.2) is 0 Å². The second-order valence-corrected chi connectivity index (χ2v) is 5.31. The van der Waals surface area contributed by atoms with E-state index in [9.17, 15) is 0 Å². The molecule has 0 bridgehead atoms. The van der Waals surface area contributed by atoms with E-state index in [1.54, 1.807) is 11.8 Å². The second-order valence-electron chi connectivity index (χ2n) is 3.79. The van der Waals surface area contributed by atoms with Crippen LogP contribution in [-0.4, -0.2) is 4.75 Å². The zero-order valence-corrected chi connectivity index (χ0v) is 9.64. The number of rotatable bonds is 3. The normalized spacial score (nSPS) is 14.8. The fourth-order valence-electron chi connectivity index (χ4n) is 1.00. The maximum absolute atomic E-state index is 9.15. The quantitative estimate of drug-likeness (QED) is 0.702. The van der Waals surface area contributed by atoms with Crippen LogP contribution in [0.15, 0.2) is 35.2 Å². The largest absolute Gasteiger partial charge is 0.197 e. The summed E-state index contributed by atoms with van der Waals surface area (Å²) in [5.41, 5.74) is 0. The molecule has 0 aromatic heterocycles. The van der Waals surface area contributed by atoms with Gasteiger partial charge in [-0.05, 0) is 25.0 Å². The van der Waals surface area contributed by atoms with Gasteiger partial charge >= 0.3 is 0 Å². The van der Waals surface area contributed by atoms with Gasteiger partial charge in [0.25, 0.3) is 0 Å². The summed E-state index contributed by atoms with van der Waals surface area (Å²) >= 11 is 1.64. The Labute approximate surface area is 90.1 Å². The van der Waals surface area contributed by atoms with Crippen molar-refractivity contribution in [3.05, 3.63) is 30.3 Å². The van der Waals surface area contributed by atoms with Crippen molar-refractivity contribution >= 4 is 11.8 Å². The number of thioether (sulfide) groups is 1. The molecular formula is C12H15NS. The van der Waals surface area contributed by atoms with E-state index in [0.717, 1.165) is 4.90 Å². The van der Waals surface area contributed by atoms with Crippen LogP contribution in [0.4, 0.5) is 0 Å². The van der Waals surface area contributed by atoms with Crippen molar-refractivity contribution in [2.45, 2.75) is 30.4 Å². The average Bonchev–Trinajstić information content (AvgIpc) is 2.19. The average molecular weight is 205 g/mol. The van der Waals surface area contributed by atoms with Crippen LogP contribution in [0.5, 0.6) is 0 Å². The molecule has 0 amide bonds. The Morgan fingerprint density at radius 1 is 1.29 bits per heavy atom. The van der Waals surface area contributed by atoms with Crippen molar-refractivity contribution < 1.29 is 0 Å². The highest BCUT2D eigenvalue weighted by Crippen LogP contribution is 2.37.